The van der Waals surface area contributed by atoms with E-state index in [1.54, 1.807) is 18.5 Å². The summed E-state index contributed by atoms with van der Waals surface area (Å²) < 4.78 is 4.92. The molecule has 8 heteroatoms. The molecule has 2 N–H and O–H groups in total. The number of carbonyl (C=O) groups excluding carboxylic acids is 2. The van der Waals surface area contributed by atoms with Crippen molar-refractivity contribution in [3.05, 3.63) is 48.1 Å². The maximum Gasteiger partial charge on any atom is 0.289 e. The summed E-state index contributed by atoms with van der Waals surface area (Å²) in [6.07, 6.45) is 9.90. The summed E-state index contributed by atoms with van der Waals surface area (Å²) in [6, 6.07) is 5.85. The van der Waals surface area contributed by atoms with Gasteiger partial charge >= 0.3 is 0 Å². The van der Waals surface area contributed by atoms with Gasteiger partial charge in [-0.15, -0.1) is 0 Å². The summed E-state index contributed by atoms with van der Waals surface area (Å²) in [4.78, 5) is 31.2. The molecule has 2 amide bonds. The Morgan fingerprint density at radius 1 is 1.10 bits per heavy atom. The van der Waals surface area contributed by atoms with Gasteiger partial charge in [0.15, 0.2) is 0 Å². The van der Waals surface area contributed by atoms with Crippen LogP contribution in [0.25, 0.3) is 0 Å². The number of likely N-dealkylation sites (tertiary alicyclic amines) is 1. The zero-order valence-corrected chi connectivity index (χ0v) is 16.4. The molecular weight excluding hydrogens is 370 g/mol. The van der Waals surface area contributed by atoms with Crippen molar-refractivity contribution in [2.75, 3.05) is 13.1 Å². The molecule has 3 heterocycles. The molecule has 8 nitrogen and oxygen atoms in total. The molecule has 29 heavy (non-hydrogen) atoms. The highest BCUT2D eigenvalue weighted by atomic mass is 16.5. The van der Waals surface area contributed by atoms with E-state index in [0.29, 0.717) is 19.5 Å². The van der Waals surface area contributed by atoms with Gasteiger partial charge in [0.1, 0.15) is 0 Å². The quantitative estimate of drug-likeness (QED) is 0.669. The van der Waals surface area contributed by atoms with E-state index < -0.39 is 0 Å². The lowest BCUT2D eigenvalue weighted by Gasteiger charge is -2.30. The second kappa shape index (κ2) is 9.17. The van der Waals surface area contributed by atoms with Crippen molar-refractivity contribution in [2.24, 2.45) is 5.92 Å². The average molecular weight is 397 g/mol. The third-order valence-electron chi connectivity index (χ3n) is 5.73. The third-order valence-corrected chi connectivity index (χ3v) is 5.73. The van der Waals surface area contributed by atoms with Gasteiger partial charge in [-0.3, -0.25) is 19.5 Å². The van der Waals surface area contributed by atoms with Crippen LogP contribution in [0.3, 0.4) is 0 Å². The summed E-state index contributed by atoms with van der Waals surface area (Å²) in [5, 5.41) is 9.53. The molecule has 2 aromatic rings. The molecule has 2 fully saturated rings. The van der Waals surface area contributed by atoms with Gasteiger partial charge in [0.2, 0.25) is 11.7 Å². The zero-order valence-electron chi connectivity index (χ0n) is 16.4. The van der Waals surface area contributed by atoms with Gasteiger partial charge in [0, 0.05) is 56.6 Å². The first-order valence-corrected chi connectivity index (χ1v) is 10.3. The van der Waals surface area contributed by atoms with Crippen LogP contribution >= 0.6 is 0 Å². The largest absolute Gasteiger partial charge is 0.352 e. The van der Waals surface area contributed by atoms with Crippen LogP contribution in [0.15, 0.2) is 41.3 Å². The van der Waals surface area contributed by atoms with Crippen molar-refractivity contribution in [1.82, 2.24) is 25.7 Å². The predicted molar refractivity (Wildman–Crippen MR) is 106 cm³/mol. The fraction of sp³-hybridized carbons (Fsp3) is 0.524. The lowest BCUT2D eigenvalue weighted by Crippen LogP contribution is -2.45. The van der Waals surface area contributed by atoms with Gasteiger partial charge in [-0.05, 0) is 43.2 Å². The number of nitrogens with one attached hydrogen (secondary N) is 2. The van der Waals surface area contributed by atoms with E-state index >= 15 is 0 Å². The topological polar surface area (TPSA) is 100 Å². The summed E-state index contributed by atoms with van der Waals surface area (Å²) >= 11 is 0. The minimum absolute atomic E-state index is 0.0611. The van der Waals surface area contributed by atoms with Crippen LogP contribution in [-0.2, 0) is 11.3 Å². The van der Waals surface area contributed by atoms with Gasteiger partial charge in [-0.1, -0.05) is 11.2 Å². The van der Waals surface area contributed by atoms with Crippen molar-refractivity contribution in [1.29, 1.82) is 0 Å². The van der Waals surface area contributed by atoms with E-state index in [-0.39, 0.29) is 29.7 Å². The molecule has 4 rings (SSSR count). The molecule has 154 valence electrons. The number of amides is 2. The summed E-state index contributed by atoms with van der Waals surface area (Å²) in [5.41, 5.74) is 0.995. The Morgan fingerprint density at radius 2 is 1.97 bits per heavy atom. The minimum Gasteiger partial charge on any atom is -0.352 e. The van der Waals surface area contributed by atoms with Crippen LogP contribution in [0.1, 0.15) is 48.2 Å². The van der Waals surface area contributed by atoms with Gasteiger partial charge in [-0.25, -0.2) is 0 Å². The Bertz CT molecular complexity index is 807. The van der Waals surface area contributed by atoms with Crippen molar-refractivity contribution in [3.63, 3.8) is 0 Å². The zero-order chi connectivity index (χ0) is 20.1. The van der Waals surface area contributed by atoms with E-state index in [4.69, 9.17) is 4.52 Å². The van der Waals surface area contributed by atoms with E-state index in [1.165, 1.54) is 19.0 Å². The Labute approximate surface area is 170 Å². The van der Waals surface area contributed by atoms with Crippen molar-refractivity contribution in [2.45, 2.75) is 50.7 Å². The molecule has 0 aromatic carbocycles. The van der Waals surface area contributed by atoms with E-state index in [9.17, 15) is 9.59 Å². The molecule has 1 aliphatic heterocycles. The molecule has 0 radical (unpaired) electrons. The van der Waals surface area contributed by atoms with E-state index in [1.807, 2.05) is 12.1 Å². The lowest BCUT2D eigenvalue weighted by atomic mass is 10.1. The van der Waals surface area contributed by atoms with Crippen LogP contribution in [0.4, 0.5) is 0 Å². The number of pyridine rings is 1. The number of hydrogen-bond acceptors (Lipinski definition) is 6. The van der Waals surface area contributed by atoms with Crippen LogP contribution < -0.4 is 10.6 Å². The highest BCUT2D eigenvalue weighted by molar-refractivity contribution is 5.91. The molecular formula is C21H27N5O3. The second-order valence-electron chi connectivity index (χ2n) is 7.95. The van der Waals surface area contributed by atoms with Crippen molar-refractivity contribution >= 4 is 11.8 Å². The number of hydrogen-bond donors (Lipinski definition) is 2. The normalized spacial score (nSPS) is 21.8. The van der Waals surface area contributed by atoms with E-state index in [0.717, 1.165) is 30.9 Å². The van der Waals surface area contributed by atoms with Gasteiger partial charge in [-0.2, -0.15) is 0 Å². The average Bonchev–Trinajstić information content (AvgIpc) is 3.23. The van der Waals surface area contributed by atoms with Crippen LogP contribution in [0.5, 0.6) is 0 Å². The molecule has 2 aliphatic rings. The van der Waals surface area contributed by atoms with Crippen molar-refractivity contribution in [3.8, 4) is 0 Å². The SMILES string of the molecule is O=C(C[C@H]1CC[C@@H](CNC(=O)c2ccno2)N1CC1CC1)NCc1cccnc1. The van der Waals surface area contributed by atoms with E-state index in [2.05, 4.69) is 25.7 Å². The summed E-state index contributed by atoms with van der Waals surface area (Å²) in [5.74, 6) is 0.766. The van der Waals surface area contributed by atoms with Crippen LogP contribution in [-0.4, -0.2) is 52.0 Å². The fourth-order valence-electron chi connectivity index (χ4n) is 3.97. The molecule has 1 saturated heterocycles. The molecule has 0 unspecified atom stereocenters. The van der Waals surface area contributed by atoms with Gasteiger partial charge < -0.3 is 15.2 Å². The maximum atomic E-state index is 12.5. The number of nitrogens with zero attached hydrogens (tertiary/aromatic N) is 3. The molecule has 1 aliphatic carbocycles. The molecule has 1 saturated carbocycles. The van der Waals surface area contributed by atoms with Gasteiger partial charge in [0.05, 0.1) is 6.20 Å². The highest BCUT2D eigenvalue weighted by Crippen LogP contribution is 2.35. The van der Waals surface area contributed by atoms with Crippen LogP contribution in [0.2, 0.25) is 0 Å². The van der Waals surface area contributed by atoms with Gasteiger partial charge in [0.25, 0.3) is 5.91 Å². The number of aromatic nitrogens is 2. The standard InChI is InChI=1S/C21H27N5O3/c27-20(23-12-16-2-1-8-22-11-16)10-17-5-6-18(26(17)14-15-3-4-15)13-24-21(28)19-7-9-25-29-19/h1-2,7-9,11,15,17-18H,3-6,10,12-14H2,(H,23,27)(H,24,28)/t17-,18+/m1/s1. The first kappa shape index (κ1) is 19.6. The molecule has 0 spiro atoms. The minimum atomic E-state index is -0.244. The summed E-state index contributed by atoms with van der Waals surface area (Å²) in [6.45, 7) is 2.06. The Balaban J connectivity index is 1.29. The second-order valence-corrected chi connectivity index (χ2v) is 7.95. The maximum absolute atomic E-state index is 12.5. The summed E-state index contributed by atoms with van der Waals surface area (Å²) in [7, 11) is 0. The number of rotatable bonds is 9. The molecule has 2 atom stereocenters. The molecule has 0 bridgehead atoms. The first-order valence-electron chi connectivity index (χ1n) is 10.3. The molecule has 2 aromatic heterocycles. The predicted octanol–water partition coefficient (Wildman–Crippen LogP) is 1.75. The monoisotopic (exact) mass is 397 g/mol. The first-order chi connectivity index (χ1) is 14.2. The Hall–Kier alpha value is -2.74. The lowest BCUT2D eigenvalue weighted by molar-refractivity contribution is -0.122. The fourth-order valence-corrected chi connectivity index (χ4v) is 3.97. The highest BCUT2D eigenvalue weighted by Gasteiger charge is 2.38. The van der Waals surface area contributed by atoms with Crippen molar-refractivity contribution < 1.29 is 14.1 Å². The Kier molecular flexibility index (Phi) is 6.19. The smallest absolute Gasteiger partial charge is 0.289 e. The number of carbonyl (C=O) groups is 2. The third kappa shape index (κ3) is 5.41. The Morgan fingerprint density at radius 3 is 2.69 bits per heavy atom. The van der Waals surface area contributed by atoms with Crippen LogP contribution in [0, 0.1) is 5.92 Å².